The smallest absolute Gasteiger partial charge is 0.237 e. The van der Waals surface area contributed by atoms with E-state index in [1.165, 1.54) is 0 Å². The van der Waals surface area contributed by atoms with Crippen LogP contribution >= 0.6 is 0 Å². The summed E-state index contributed by atoms with van der Waals surface area (Å²) in [6.07, 6.45) is 3.51. The molecule has 2 atom stereocenters. The zero-order chi connectivity index (χ0) is 21.3. The maximum absolute atomic E-state index is 12.8. The molecule has 1 saturated heterocycles. The predicted molar refractivity (Wildman–Crippen MR) is 120 cm³/mol. The summed E-state index contributed by atoms with van der Waals surface area (Å²) in [5.74, 6) is 0.234. The van der Waals surface area contributed by atoms with Gasteiger partial charge in [0.2, 0.25) is 11.8 Å². The highest BCUT2D eigenvalue weighted by atomic mass is 16.2. The standard InChI is InChI=1S/C25H33N3O2/c1-3-10-23(20-11-5-4-6-12-20)27-25(30)19(2)26-17-21-13-7-8-14-22(21)18-28-16-9-15-24(28)29/h4-8,11-14,19,23,26H,3,9-10,15-18H2,1-2H3,(H,27,30). The van der Waals surface area contributed by atoms with Crippen molar-refractivity contribution in [2.24, 2.45) is 0 Å². The molecule has 0 aliphatic carbocycles. The molecular formula is C25H33N3O2. The van der Waals surface area contributed by atoms with Crippen molar-refractivity contribution in [1.29, 1.82) is 0 Å². The lowest BCUT2D eigenvalue weighted by Gasteiger charge is -2.23. The van der Waals surface area contributed by atoms with Gasteiger partial charge in [0.25, 0.3) is 0 Å². The molecule has 0 bridgehead atoms. The quantitative estimate of drug-likeness (QED) is 0.627. The number of benzene rings is 2. The summed E-state index contributed by atoms with van der Waals surface area (Å²) >= 11 is 0. The minimum Gasteiger partial charge on any atom is -0.348 e. The minimum atomic E-state index is -0.311. The van der Waals surface area contributed by atoms with Crippen LogP contribution in [0.4, 0.5) is 0 Å². The summed E-state index contributed by atoms with van der Waals surface area (Å²) < 4.78 is 0. The topological polar surface area (TPSA) is 61.4 Å². The van der Waals surface area contributed by atoms with Crippen molar-refractivity contribution in [1.82, 2.24) is 15.5 Å². The lowest BCUT2D eigenvalue weighted by atomic mass is 10.0. The van der Waals surface area contributed by atoms with Gasteiger partial charge in [-0.2, -0.15) is 0 Å². The number of hydrogen-bond acceptors (Lipinski definition) is 3. The molecule has 0 spiro atoms. The molecule has 1 heterocycles. The fourth-order valence-electron chi connectivity index (χ4n) is 3.91. The average molecular weight is 408 g/mol. The van der Waals surface area contributed by atoms with Crippen LogP contribution in [-0.4, -0.2) is 29.3 Å². The maximum atomic E-state index is 12.8. The second-order valence-electron chi connectivity index (χ2n) is 8.05. The first kappa shape index (κ1) is 22.0. The molecule has 0 saturated carbocycles. The average Bonchev–Trinajstić information content (AvgIpc) is 3.17. The van der Waals surface area contributed by atoms with Crippen LogP contribution in [0.2, 0.25) is 0 Å². The SMILES string of the molecule is CCCC(NC(=O)C(C)NCc1ccccc1CN1CCCC1=O)c1ccccc1. The van der Waals surface area contributed by atoms with Gasteiger partial charge in [-0.25, -0.2) is 0 Å². The first-order valence-electron chi connectivity index (χ1n) is 11.0. The lowest BCUT2D eigenvalue weighted by molar-refractivity contribution is -0.128. The number of hydrogen-bond donors (Lipinski definition) is 2. The largest absolute Gasteiger partial charge is 0.348 e. The van der Waals surface area contributed by atoms with Crippen LogP contribution in [0, 0.1) is 0 Å². The molecule has 2 unspecified atom stereocenters. The molecule has 2 aromatic carbocycles. The Kier molecular flexibility index (Phi) is 8.03. The predicted octanol–water partition coefficient (Wildman–Crippen LogP) is 3.94. The Labute approximate surface area is 179 Å². The third-order valence-corrected chi connectivity index (χ3v) is 5.74. The van der Waals surface area contributed by atoms with E-state index in [9.17, 15) is 9.59 Å². The fourth-order valence-corrected chi connectivity index (χ4v) is 3.91. The summed E-state index contributed by atoms with van der Waals surface area (Å²) in [4.78, 5) is 26.7. The first-order chi connectivity index (χ1) is 14.6. The molecule has 1 aliphatic rings. The van der Waals surface area contributed by atoms with E-state index in [2.05, 4.69) is 41.8 Å². The van der Waals surface area contributed by atoms with Crippen molar-refractivity contribution in [3.05, 3.63) is 71.3 Å². The molecule has 160 valence electrons. The number of carbonyl (C=O) groups excluding carboxylic acids is 2. The Morgan fingerprint density at radius 2 is 1.77 bits per heavy atom. The Balaban J connectivity index is 1.57. The summed E-state index contributed by atoms with van der Waals surface area (Å²) in [5.41, 5.74) is 3.41. The van der Waals surface area contributed by atoms with Gasteiger partial charge in [-0.15, -0.1) is 0 Å². The Morgan fingerprint density at radius 3 is 2.43 bits per heavy atom. The van der Waals surface area contributed by atoms with Crippen molar-refractivity contribution < 1.29 is 9.59 Å². The monoisotopic (exact) mass is 407 g/mol. The number of rotatable bonds is 10. The third kappa shape index (κ3) is 5.92. The van der Waals surface area contributed by atoms with E-state index in [-0.39, 0.29) is 23.9 Å². The second-order valence-corrected chi connectivity index (χ2v) is 8.05. The van der Waals surface area contributed by atoms with Gasteiger partial charge in [0, 0.05) is 26.1 Å². The van der Waals surface area contributed by atoms with Crippen LogP contribution in [0.1, 0.15) is 62.3 Å². The summed E-state index contributed by atoms with van der Waals surface area (Å²) in [6, 6.07) is 18.0. The van der Waals surface area contributed by atoms with E-state index in [0.29, 0.717) is 19.5 Å². The van der Waals surface area contributed by atoms with E-state index < -0.39 is 0 Å². The van der Waals surface area contributed by atoms with Gasteiger partial charge < -0.3 is 15.5 Å². The third-order valence-electron chi connectivity index (χ3n) is 5.74. The highest BCUT2D eigenvalue weighted by molar-refractivity contribution is 5.81. The van der Waals surface area contributed by atoms with E-state index in [4.69, 9.17) is 0 Å². The highest BCUT2D eigenvalue weighted by Gasteiger charge is 2.22. The molecule has 5 heteroatoms. The van der Waals surface area contributed by atoms with Crippen molar-refractivity contribution in [2.45, 2.75) is 64.7 Å². The Hall–Kier alpha value is -2.66. The lowest BCUT2D eigenvalue weighted by Crippen LogP contribution is -2.43. The Morgan fingerprint density at radius 1 is 1.07 bits per heavy atom. The molecule has 2 amide bonds. The van der Waals surface area contributed by atoms with E-state index in [1.807, 2.05) is 42.2 Å². The van der Waals surface area contributed by atoms with Gasteiger partial charge in [-0.1, -0.05) is 67.9 Å². The van der Waals surface area contributed by atoms with Crippen LogP contribution in [0.15, 0.2) is 54.6 Å². The summed E-state index contributed by atoms with van der Waals surface area (Å²) in [6.45, 7) is 6.10. The molecule has 1 aliphatic heterocycles. The van der Waals surface area contributed by atoms with Gasteiger partial charge in [0.05, 0.1) is 12.1 Å². The zero-order valence-corrected chi connectivity index (χ0v) is 18.1. The van der Waals surface area contributed by atoms with E-state index in [1.54, 1.807) is 0 Å². The number of carbonyl (C=O) groups is 2. The molecule has 1 fully saturated rings. The van der Waals surface area contributed by atoms with Crippen LogP contribution in [0.3, 0.4) is 0 Å². The normalized spacial score (nSPS) is 15.8. The van der Waals surface area contributed by atoms with Crippen molar-refractivity contribution in [2.75, 3.05) is 6.54 Å². The molecule has 30 heavy (non-hydrogen) atoms. The fraction of sp³-hybridized carbons (Fsp3) is 0.440. The molecule has 0 aromatic heterocycles. The van der Waals surface area contributed by atoms with Gasteiger partial charge in [0.15, 0.2) is 0 Å². The van der Waals surface area contributed by atoms with Gasteiger partial charge in [-0.3, -0.25) is 9.59 Å². The van der Waals surface area contributed by atoms with Crippen LogP contribution in [0.25, 0.3) is 0 Å². The van der Waals surface area contributed by atoms with Gasteiger partial charge in [-0.05, 0) is 36.5 Å². The molecule has 2 N–H and O–H groups in total. The van der Waals surface area contributed by atoms with E-state index >= 15 is 0 Å². The maximum Gasteiger partial charge on any atom is 0.237 e. The molecule has 3 rings (SSSR count). The van der Waals surface area contributed by atoms with Crippen LogP contribution in [-0.2, 0) is 22.7 Å². The highest BCUT2D eigenvalue weighted by Crippen LogP contribution is 2.19. The number of nitrogens with zero attached hydrogens (tertiary/aromatic N) is 1. The number of amides is 2. The van der Waals surface area contributed by atoms with Crippen LogP contribution < -0.4 is 10.6 Å². The summed E-state index contributed by atoms with van der Waals surface area (Å²) in [5, 5.41) is 6.55. The van der Waals surface area contributed by atoms with Gasteiger partial charge in [0.1, 0.15) is 0 Å². The Bertz CT molecular complexity index is 837. The molecular weight excluding hydrogens is 374 g/mol. The zero-order valence-electron chi connectivity index (χ0n) is 18.1. The summed E-state index contributed by atoms with van der Waals surface area (Å²) in [7, 11) is 0. The van der Waals surface area contributed by atoms with Crippen molar-refractivity contribution in [3.8, 4) is 0 Å². The first-order valence-corrected chi connectivity index (χ1v) is 11.0. The number of nitrogens with one attached hydrogen (secondary N) is 2. The van der Waals surface area contributed by atoms with Crippen LogP contribution in [0.5, 0.6) is 0 Å². The van der Waals surface area contributed by atoms with Crippen molar-refractivity contribution in [3.63, 3.8) is 0 Å². The molecule has 0 radical (unpaired) electrons. The molecule has 2 aromatic rings. The molecule has 5 nitrogen and oxygen atoms in total. The van der Waals surface area contributed by atoms with Crippen molar-refractivity contribution >= 4 is 11.8 Å². The van der Waals surface area contributed by atoms with Gasteiger partial charge >= 0.3 is 0 Å². The van der Waals surface area contributed by atoms with E-state index in [0.717, 1.165) is 42.5 Å². The number of likely N-dealkylation sites (tertiary alicyclic amines) is 1. The second kappa shape index (κ2) is 10.9. The minimum absolute atomic E-state index is 0.00417.